The molecule has 8 heteroatoms. The van der Waals surface area contributed by atoms with Crippen LogP contribution in [0.15, 0.2) is 6.08 Å². The number of quaternary nitrogens is 1. The van der Waals surface area contributed by atoms with Gasteiger partial charge in [0.25, 0.3) is 5.88 Å². The zero-order valence-electron chi connectivity index (χ0n) is 28.8. The quantitative estimate of drug-likeness (QED) is 0.0648. The molecule has 0 amide bonds. The lowest BCUT2D eigenvalue weighted by molar-refractivity contribution is -0.947. The molecule has 0 saturated heterocycles. The maximum Gasteiger partial charge on any atom is 0.309 e. The Morgan fingerprint density at radius 2 is 1.37 bits per heavy atom. The van der Waals surface area contributed by atoms with Crippen molar-refractivity contribution in [3.8, 4) is 5.88 Å². The van der Waals surface area contributed by atoms with E-state index in [4.69, 9.17) is 9.47 Å². The Morgan fingerprint density at radius 1 is 0.837 bits per heavy atom. The minimum atomic E-state index is -0.117. The van der Waals surface area contributed by atoms with E-state index in [1.165, 1.54) is 114 Å². The summed E-state index contributed by atoms with van der Waals surface area (Å²) >= 11 is 1.22. The van der Waals surface area contributed by atoms with Gasteiger partial charge < -0.3 is 14.2 Å². The van der Waals surface area contributed by atoms with Crippen molar-refractivity contribution in [1.29, 1.82) is 0 Å². The molecule has 2 heterocycles. The van der Waals surface area contributed by atoms with E-state index in [-0.39, 0.29) is 12.2 Å². The van der Waals surface area contributed by atoms with Gasteiger partial charge >= 0.3 is 5.97 Å². The van der Waals surface area contributed by atoms with Gasteiger partial charge in [-0.25, -0.2) is 0 Å². The first-order chi connectivity index (χ1) is 20.9. The van der Waals surface area contributed by atoms with Crippen LogP contribution in [0.1, 0.15) is 155 Å². The smallest absolute Gasteiger partial charge is 0.309 e. The molecule has 0 aromatic carbocycles. The minimum Gasteiger partial charge on any atom is -0.475 e. The second-order valence-electron chi connectivity index (χ2n) is 12.4. The van der Waals surface area contributed by atoms with Gasteiger partial charge in [-0.2, -0.15) is 4.37 Å². The molecular formula is C35H66N3O4S+. The summed E-state index contributed by atoms with van der Waals surface area (Å²) < 4.78 is 26.2. The number of esters is 1. The molecule has 1 aliphatic heterocycles. The lowest BCUT2D eigenvalue weighted by Crippen LogP contribution is -2.56. The average Bonchev–Trinajstić information content (AvgIpc) is 3.47. The van der Waals surface area contributed by atoms with Crippen molar-refractivity contribution in [1.82, 2.24) is 8.75 Å². The van der Waals surface area contributed by atoms with Gasteiger partial charge in [0.05, 0.1) is 31.9 Å². The summed E-state index contributed by atoms with van der Waals surface area (Å²) in [5, 5.41) is 0. The molecule has 0 N–H and O–H groups in total. The summed E-state index contributed by atoms with van der Waals surface area (Å²) in [4.78, 5) is 12.4. The van der Waals surface area contributed by atoms with Crippen LogP contribution in [0.5, 0.6) is 5.88 Å². The number of hydrogen-bond donors (Lipinski definition) is 0. The van der Waals surface area contributed by atoms with E-state index >= 15 is 0 Å². The fourth-order valence-electron chi connectivity index (χ4n) is 5.72. The number of likely N-dealkylation sites (N-methyl/N-ethyl adjacent to an activating group) is 1. The second kappa shape index (κ2) is 25.8. The first-order valence-electron chi connectivity index (χ1n) is 17.5. The maximum atomic E-state index is 12.4. The summed E-state index contributed by atoms with van der Waals surface area (Å²) in [6.07, 6.45) is 26.6. The Hall–Kier alpha value is -1.51. The van der Waals surface area contributed by atoms with Gasteiger partial charge in [0.2, 0.25) is 6.23 Å². The molecule has 1 aromatic heterocycles. The number of hydrogen-bond acceptors (Lipinski definition) is 7. The molecule has 0 spiro atoms. The van der Waals surface area contributed by atoms with Crippen LogP contribution in [-0.2, 0) is 14.3 Å². The average molecular weight is 625 g/mol. The third-order valence-electron chi connectivity index (χ3n) is 8.37. The fraction of sp³-hybridized carbons (Fsp3) is 0.857. The standard InChI is InChI=1S/C33H60N3O3S.C2H6O/c1-5-8-10-12-13-14-15-16-17-18-19-20-21-25-30(39-31(37)7-3)36(4)26-23-24-29(28-36)32-33(35-40-34-32)38-27-22-11-9-6-2;1-3-2/h24,30H,5-23,25-28H2,1-4H3;1-2H3/q+1;. The third kappa shape index (κ3) is 17.5. The van der Waals surface area contributed by atoms with E-state index in [9.17, 15) is 4.79 Å². The summed E-state index contributed by atoms with van der Waals surface area (Å²) in [6, 6.07) is 0. The zero-order valence-corrected chi connectivity index (χ0v) is 29.6. The Kier molecular flexibility index (Phi) is 23.7. The van der Waals surface area contributed by atoms with Crippen LogP contribution < -0.4 is 4.74 Å². The Bertz CT molecular complexity index is 847. The van der Waals surface area contributed by atoms with E-state index in [1.807, 2.05) is 6.92 Å². The van der Waals surface area contributed by atoms with Crippen molar-refractivity contribution in [2.24, 2.45) is 0 Å². The number of rotatable bonds is 24. The number of ether oxygens (including phenoxy) is 3. The Balaban J connectivity index is 0.00000295. The molecule has 1 aromatic rings. The number of aromatic nitrogens is 2. The molecule has 7 nitrogen and oxygen atoms in total. The SMILES string of the molecule is CCCCCCCCCCCCCCCC(OC(=O)CC)[N+]1(C)CCC=C(c2nsnc2OCCCCCC)C1.COC. The highest BCUT2D eigenvalue weighted by Gasteiger charge is 2.39. The van der Waals surface area contributed by atoms with Crippen molar-refractivity contribution in [2.45, 2.75) is 155 Å². The van der Waals surface area contributed by atoms with Crippen molar-refractivity contribution in [3.63, 3.8) is 0 Å². The predicted octanol–water partition coefficient (Wildman–Crippen LogP) is 9.75. The zero-order chi connectivity index (χ0) is 31.6. The molecule has 2 unspecified atom stereocenters. The van der Waals surface area contributed by atoms with Crippen LogP contribution in [0, 0.1) is 0 Å². The van der Waals surface area contributed by atoms with Crippen molar-refractivity contribution >= 4 is 23.3 Å². The van der Waals surface area contributed by atoms with Gasteiger partial charge in [-0.15, -0.1) is 4.37 Å². The van der Waals surface area contributed by atoms with Crippen LogP contribution in [0.2, 0.25) is 0 Å². The summed E-state index contributed by atoms with van der Waals surface area (Å²) in [7, 11) is 5.49. The van der Waals surface area contributed by atoms with E-state index in [1.54, 1.807) is 14.2 Å². The number of carbonyl (C=O) groups is 1. The summed E-state index contributed by atoms with van der Waals surface area (Å²) in [5.74, 6) is 0.571. The lowest BCUT2D eigenvalue weighted by Gasteiger charge is -2.42. The predicted molar refractivity (Wildman–Crippen MR) is 181 cm³/mol. The first kappa shape index (κ1) is 39.5. The largest absolute Gasteiger partial charge is 0.475 e. The van der Waals surface area contributed by atoms with E-state index in [0.717, 1.165) is 44.5 Å². The van der Waals surface area contributed by atoms with E-state index < -0.39 is 0 Å². The normalized spacial score (nSPS) is 17.1. The van der Waals surface area contributed by atoms with E-state index in [0.29, 0.717) is 23.4 Å². The molecule has 2 atom stereocenters. The molecule has 0 aliphatic carbocycles. The number of unbranched alkanes of at least 4 members (excludes halogenated alkanes) is 15. The third-order valence-corrected chi connectivity index (χ3v) is 8.88. The molecule has 2 rings (SSSR count). The molecule has 1 aliphatic rings. The highest BCUT2D eigenvalue weighted by Crippen LogP contribution is 2.33. The Labute approximate surface area is 269 Å². The number of methoxy groups -OCH3 is 1. The van der Waals surface area contributed by atoms with Crippen LogP contribution in [0.3, 0.4) is 0 Å². The molecule has 43 heavy (non-hydrogen) atoms. The summed E-state index contributed by atoms with van der Waals surface area (Å²) in [6.45, 7) is 8.83. The number of nitrogens with zero attached hydrogens (tertiary/aromatic N) is 3. The van der Waals surface area contributed by atoms with E-state index in [2.05, 4.69) is 40.5 Å². The van der Waals surface area contributed by atoms with Crippen LogP contribution in [-0.4, -0.2) is 66.4 Å². The molecule has 0 saturated carbocycles. The van der Waals surface area contributed by atoms with Gasteiger partial charge in [0.1, 0.15) is 12.2 Å². The van der Waals surface area contributed by atoms with Gasteiger partial charge in [-0.1, -0.05) is 123 Å². The fourth-order valence-corrected chi connectivity index (χ4v) is 6.25. The molecule has 0 bridgehead atoms. The van der Waals surface area contributed by atoms with Crippen LogP contribution in [0.25, 0.3) is 5.57 Å². The topological polar surface area (TPSA) is 70.5 Å². The van der Waals surface area contributed by atoms with Crippen molar-refractivity contribution in [3.05, 3.63) is 11.8 Å². The Morgan fingerprint density at radius 3 is 1.93 bits per heavy atom. The summed E-state index contributed by atoms with van der Waals surface area (Å²) in [5.41, 5.74) is 2.06. The van der Waals surface area contributed by atoms with Gasteiger partial charge in [0.15, 0.2) is 0 Å². The van der Waals surface area contributed by atoms with Gasteiger partial charge in [0, 0.05) is 39.1 Å². The minimum absolute atomic E-state index is 0.0958. The highest BCUT2D eigenvalue weighted by atomic mass is 32.1. The molecule has 0 radical (unpaired) electrons. The maximum absolute atomic E-state index is 12.4. The first-order valence-corrected chi connectivity index (χ1v) is 18.3. The highest BCUT2D eigenvalue weighted by molar-refractivity contribution is 6.99. The second-order valence-corrected chi connectivity index (χ2v) is 13.0. The number of carbonyl (C=O) groups excluding carboxylic acids is 1. The lowest BCUT2D eigenvalue weighted by atomic mass is 10.0. The van der Waals surface area contributed by atoms with Gasteiger partial charge in [-0.3, -0.25) is 9.28 Å². The molecule has 0 fully saturated rings. The van der Waals surface area contributed by atoms with Gasteiger partial charge in [-0.05, 0) is 12.8 Å². The van der Waals surface area contributed by atoms with Crippen molar-refractivity contribution in [2.75, 3.05) is 41.0 Å². The van der Waals surface area contributed by atoms with Crippen LogP contribution in [0.4, 0.5) is 0 Å². The monoisotopic (exact) mass is 624 g/mol. The molecule has 250 valence electrons. The van der Waals surface area contributed by atoms with Crippen molar-refractivity contribution < 1.29 is 23.5 Å². The molecular weight excluding hydrogens is 558 g/mol. The van der Waals surface area contributed by atoms with Crippen LogP contribution >= 0.6 is 11.7 Å².